The molecule has 4 rings (SSSR count). The molecule has 0 aliphatic carbocycles. The minimum atomic E-state index is -0.292. The molecule has 0 saturated heterocycles. The molecular formula is C19H15NO2. The molecule has 0 bridgehead atoms. The number of aromatic nitrogens is 1. The van der Waals surface area contributed by atoms with E-state index < -0.39 is 0 Å². The Kier molecular flexibility index (Phi) is 2.86. The Hall–Kier alpha value is -2.81. The standard InChI is InChI=1S/C19H15NO2/c1-2-22-19(21)18-11-13-7-3-5-9-15(13)17-12-14-8-4-6-10-16(14)20(17)18/h3-12H,2H2,1H3. The first kappa shape index (κ1) is 12.9. The van der Waals surface area contributed by atoms with Gasteiger partial charge in [-0.2, -0.15) is 0 Å². The Balaban J connectivity index is 2.21. The Morgan fingerprint density at radius 2 is 1.68 bits per heavy atom. The second-order valence-corrected chi connectivity index (χ2v) is 5.26. The summed E-state index contributed by atoms with van der Waals surface area (Å²) in [6, 6.07) is 20.2. The predicted octanol–water partition coefficient (Wildman–Crippen LogP) is 4.42. The second-order valence-electron chi connectivity index (χ2n) is 5.26. The van der Waals surface area contributed by atoms with Gasteiger partial charge in [-0.1, -0.05) is 42.5 Å². The number of pyridine rings is 1. The number of nitrogens with zero attached hydrogens (tertiary/aromatic N) is 1. The molecule has 2 heterocycles. The summed E-state index contributed by atoms with van der Waals surface area (Å²) in [6.45, 7) is 2.19. The predicted molar refractivity (Wildman–Crippen MR) is 88.4 cm³/mol. The van der Waals surface area contributed by atoms with Crippen molar-refractivity contribution in [3.8, 4) is 0 Å². The van der Waals surface area contributed by atoms with Gasteiger partial charge < -0.3 is 9.14 Å². The molecule has 2 aromatic carbocycles. The van der Waals surface area contributed by atoms with Crippen LogP contribution in [-0.4, -0.2) is 17.0 Å². The van der Waals surface area contributed by atoms with E-state index in [1.165, 1.54) is 0 Å². The van der Waals surface area contributed by atoms with Crippen LogP contribution in [0.2, 0.25) is 0 Å². The third kappa shape index (κ3) is 1.79. The van der Waals surface area contributed by atoms with Gasteiger partial charge in [-0.05, 0) is 30.5 Å². The van der Waals surface area contributed by atoms with E-state index in [9.17, 15) is 4.79 Å². The lowest BCUT2D eigenvalue weighted by Gasteiger charge is -2.10. The Labute approximate surface area is 127 Å². The minimum Gasteiger partial charge on any atom is -0.461 e. The lowest BCUT2D eigenvalue weighted by molar-refractivity contribution is 0.0518. The van der Waals surface area contributed by atoms with E-state index in [4.69, 9.17) is 4.74 Å². The number of benzene rings is 2. The molecule has 0 aliphatic heterocycles. The molecule has 3 heteroatoms. The van der Waals surface area contributed by atoms with E-state index in [0.29, 0.717) is 12.3 Å². The molecule has 0 fully saturated rings. The second kappa shape index (κ2) is 4.88. The molecule has 0 spiro atoms. The highest BCUT2D eigenvalue weighted by Gasteiger charge is 2.16. The molecule has 0 saturated carbocycles. The van der Waals surface area contributed by atoms with E-state index >= 15 is 0 Å². The number of hydrogen-bond acceptors (Lipinski definition) is 2. The van der Waals surface area contributed by atoms with E-state index in [-0.39, 0.29) is 5.97 Å². The van der Waals surface area contributed by atoms with Crippen molar-refractivity contribution in [2.75, 3.05) is 6.61 Å². The summed E-state index contributed by atoms with van der Waals surface area (Å²) in [5.74, 6) is -0.292. The topological polar surface area (TPSA) is 30.7 Å². The van der Waals surface area contributed by atoms with Crippen molar-refractivity contribution in [2.45, 2.75) is 6.92 Å². The third-order valence-corrected chi connectivity index (χ3v) is 3.97. The van der Waals surface area contributed by atoms with Crippen LogP contribution in [0.3, 0.4) is 0 Å². The van der Waals surface area contributed by atoms with E-state index in [1.54, 1.807) is 0 Å². The first-order valence-electron chi connectivity index (χ1n) is 7.38. The SMILES string of the molecule is CCOC(=O)c1cc2ccccc2c2cc3ccccc3n12. The van der Waals surface area contributed by atoms with Crippen LogP contribution in [0, 0.1) is 0 Å². The van der Waals surface area contributed by atoms with Gasteiger partial charge in [0.1, 0.15) is 5.69 Å². The van der Waals surface area contributed by atoms with E-state index in [2.05, 4.69) is 18.2 Å². The van der Waals surface area contributed by atoms with Gasteiger partial charge in [-0.3, -0.25) is 0 Å². The Bertz CT molecular complexity index is 1010. The zero-order valence-corrected chi connectivity index (χ0v) is 12.2. The summed E-state index contributed by atoms with van der Waals surface area (Å²) < 4.78 is 7.24. The average molecular weight is 289 g/mol. The summed E-state index contributed by atoms with van der Waals surface area (Å²) >= 11 is 0. The van der Waals surface area contributed by atoms with Crippen molar-refractivity contribution in [2.24, 2.45) is 0 Å². The van der Waals surface area contributed by atoms with Gasteiger partial charge in [-0.25, -0.2) is 4.79 Å². The summed E-state index contributed by atoms with van der Waals surface area (Å²) in [5.41, 5.74) is 2.62. The quantitative estimate of drug-likeness (QED) is 0.511. The molecule has 2 aromatic heterocycles. The number of carbonyl (C=O) groups is 1. The monoisotopic (exact) mass is 289 g/mol. The molecular weight excluding hydrogens is 274 g/mol. The van der Waals surface area contributed by atoms with Crippen molar-refractivity contribution in [1.29, 1.82) is 0 Å². The van der Waals surface area contributed by atoms with Crippen LogP contribution in [0.4, 0.5) is 0 Å². The van der Waals surface area contributed by atoms with Crippen LogP contribution in [0.25, 0.3) is 27.2 Å². The first-order valence-corrected chi connectivity index (χ1v) is 7.38. The largest absolute Gasteiger partial charge is 0.461 e. The van der Waals surface area contributed by atoms with Crippen LogP contribution in [0.1, 0.15) is 17.4 Å². The maximum atomic E-state index is 12.4. The Morgan fingerprint density at radius 1 is 0.955 bits per heavy atom. The smallest absolute Gasteiger partial charge is 0.355 e. The van der Waals surface area contributed by atoms with Gasteiger partial charge in [-0.15, -0.1) is 0 Å². The lowest BCUT2D eigenvalue weighted by atomic mass is 10.1. The van der Waals surface area contributed by atoms with Gasteiger partial charge in [0.25, 0.3) is 0 Å². The third-order valence-electron chi connectivity index (χ3n) is 3.97. The van der Waals surface area contributed by atoms with Crippen LogP contribution in [0.5, 0.6) is 0 Å². The van der Waals surface area contributed by atoms with Crippen molar-refractivity contribution < 1.29 is 9.53 Å². The summed E-state index contributed by atoms with van der Waals surface area (Å²) in [5, 5.41) is 3.29. The van der Waals surface area contributed by atoms with Crippen LogP contribution >= 0.6 is 0 Å². The van der Waals surface area contributed by atoms with Crippen molar-refractivity contribution in [1.82, 2.24) is 4.40 Å². The molecule has 0 aliphatic rings. The zero-order valence-electron chi connectivity index (χ0n) is 12.2. The fraction of sp³-hybridized carbons (Fsp3) is 0.105. The molecule has 3 nitrogen and oxygen atoms in total. The van der Waals surface area contributed by atoms with Gasteiger partial charge in [0, 0.05) is 10.8 Å². The number of para-hydroxylation sites is 1. The number of fused-ring (bicyclic) bond motifs is 5. The highest BCUT2D eigenvalue weighted by atomic mass is 16.5. The van der Waals surface area contributed by atoms with E-state index in [1.807, 2.05) is 53.8 Å². The minimum absolute atomic E-state index is 0.292. The molecule has 0 amide bonds. The lowest BCUT2D eigenvalue weighted by Crippen LogP contribution is -2.10. The molecule has 22 heavy (non-hydrogen) atoms. The number of carbonyl (C=O) groups excluding carboxylic acids is 1. The molecule has 0 N–H and O–H groups in total. The highest BCUT2D eigenvalue weighted by molar-refractivity contribution is 6.06. The zero-order chi connectivity index (χ0) is 15.1. The fourth-order valence-electron chi connectivity index (χ4n) is 3.04. The summed E-state index contributed by atoms with van der Waals surface area (Å²) in [6.07, 6.45) is 0. The fourth-order valence-corrected chi connectivity index (χ4v) is 3.04. The van der Waals surface area contributed by atoms with Crippen molar-refractivity contribution in [3.63, 3.8) is 0 Å². The molecule has 4 aromatic rings. The van der Waals surface area contributed by atoms with Crippen LogP contribution < -0.4 is 0 Å². The van der Waals surface area contributed by atoms with Gasteiger partial charge in [0.15, 0.2) is 0 Å². The molecule has 0 radical (unpaired) electrons. The highest BCUT2D eigenvalue weighted by Crippen LogP contribution is 2.29. The number of hydrogen-bond donors (Lipinski definition) is 0. The van der Waals surface area contributed by atoms with Gasteiger partial charge in [0.05, 0.1) is 17.6 Å². The Morgan fingerprint density at radius 3 is 2.50 bits per heavy atom. The van der Waals surface area contributed by atoms with Crippen LogP contribution in [0.15, 0.2) is 60.7 Å². The summed E-state index contributed by atoms with van der Waals surface area (Å²) in [7, 11) is 0. The van der Waals surface area contributed by atoms with Crippen molar-refractivity contribution >= 4 is 33.2 Å². The summed E-state index contributed by atoms with van der Waals surface area (Å²) in [4.78, 5) is 12.4. The number of rotatable bonds is 2. The first-order chi connectivity index (χ1) is 10.8. The maximum Gasteiger partial charge on any atom is 0.355 e. The average Bonchev–Trinajstić information content (AvgIpc) is 2.94. The molecule has 108 valence electrons. The number of ether oxygens (including phenoxy) is 1. The van der Waals surface area contributed by atoms with Crippen LogP contribution in [-0.2, 0) is 4.74 Å². The maximum absolute atomic E-state index is 12.4. The molecule has 0 atom stereocenters. The van der Waals surface area contributed by atoms with Gasteiger partial charge >= 0.3 is 5.97 Å². The van der Waals surface area contributed by atoms with Gasteiger partial charge in [0.2, 0.25) is 0 Å². The van der Waals surface area contributed by atoms with E-state index in [0.717, 1.165) is 27.2 Å². The van der Waals surface area contributed by atoms with Crippen molar-refractivity contribution in [3.05, 3.63) is 66.4 Å². The number of esters is 1. The molecule has 0 unspecified atom stereocenters. The normalized spacial score (nSPS) is 11.3.